The average Bonchev–Trinajstić information content (AvgIpc) is 2.93. The molecule has 3 rings (SSSR count). The van der Waals surface area contributed by atoms with E-state index in [-0.39, 0.29) is 0 Å². The highest BCUT2D eigenvalue weighted by Crippen LogP contribution is 2.27. The molecule has 1 amide bonds. The van der Waals surface area contributed by atoms with Gasteiger partial charge in [0.1, 0.15) is 12.4 Å². The Morgan fingerprint density at radius 1 is 1.14 bits per heavy atom. The van der Waals surface area contributed by atoms with Crippen LogP contribution in [0.25, 0.3) is 0 Å². The molecule has 0 radical (unpaired) electrons. The summed E-state index contributed by atoms with van der Waals surface area (Å²) < 4.78 is 10.6. The Hall–Kier alpha value is -2.11. The Balaban J connectivity index is 1.64. The SMILES string of the molecule is O=C1N=NC(c2ccc(OCc3ccc(Cl)cc3Cl)cc2)O1. The lowest BCUT2D eigenvalue weighted by Crippen LogP contribution is -1.99. The third-order valence-corrected chi connectivity index (χ3v) is 3.62. The summed E-state index contributed by atoms with van der Waals surface area (Å²) in [5.74, 6) is 0.663. The number of benzene rings is 2. The van der Waals surface area contributed by atoms with Gasteiger partial charge in [0, 0.05) is 21.2 Å². The Bertz CT molecular complexity index is 732. The van der Waals surface area contributed by atoms with Gasteiger partial charge in [-0.15, -0.1) is 5.11 Å². The number of rotatable bonds is 4. The van der Waals surface area contributed by atoms with Gasteiger partial charge in [-0.2, -0.15) is 0 Å². The smallest absolute Gasteiger partial charge is 0.454 e. The second kappa shape index (κ2) is 6.34. The lowest BCUT2D eigenvalue weighted by molar-refractivity contribution is 0.133. The summed E-state index contributed by atoms with van der Waals surface area (Å²) in [5, 5.41) is 8.17. The maximum atomic E-state index is 10.9. The lowest BCUT2D eigenvalue weighted by atomic mass is 10.2. The zero-order chi connectivity index (χ0) is 15.5. The van der Waals surface area contributed by atoms with Crippen LogP contribution < -0.4 is 4.74 Å². The molecule has 112 valence electrons. The van der Waals surface area contributed by atoms with Crippen LogP contribution in [0.3, 0.4) is 0 Å². The number of ether oxygens (including phenoxy) is 2. The van der Waals surface area contributed by atoms with Gasteiger partial charge in [-0.25, -0.2) is 4.79 Å². The summed E-state index contributed by atoms with van der Waals surface area (Å²) >= 11 is 11.9. The number of hydrogen-bond donors (Lipinski definition) is 0. The van der Waals surface area contributed by atoms with E-state index in [1.165, 1.54) is 0 Å². The fourth-order valence-corrected chi connectivity index (χ4v) is 2.37. The first-order valence-electron chi connectivity index (χ1n) is 6.40. The maximum absolute atomic E-state index is 10.9. The van der Waals surface area contributed by atoms with Crippen LogP contribution in [0, 0.1) is 0 Å². The molecule has 0 bridgehead atoms. The van der Waals surface area contributed by atoms with Crippen LogP contribution in [0.15, 0.2) is 52.7 Å². The molecule has 1 heterocycles. The van der Waals surface area contributed by atoms with E-state index in [9.17, 15) is 4.79 Å². The van der Waals surface area contributed by atoms with Crippen molar-refractivity contribution in [3.8, 4) is 5.75 Å². The first kappa shape index (κ1) is 14.8. The average molecular weight is 337 g/mol. The van der Waals surface area contributed by atoms with Gasteiger partial charge in [0.25, 0.3) is 0 Å². The van der Waals surface area contributed by atoms with Crippen molar-refractivity contribution < 1.29 is 14.3 Å². The van der Waals surface area contributed by atoms with Gasteiger partial charge < -0.3 is 9.47 Å². The standard InChI is InChI=1S/C15H10Cl2N2O3/c16-11-4-1-10(13(17)7-11)8-21-12-5-2-9(3-6-12)14-18-19-15(20)22-14/h1-7,14H,8H2. The zero-order valence-electron chi connectivity index (χ0n) is 11.2. The molecular weight excluding hydrogens is 327 g/mol. The molecule has 7 heteroatoms. The molecule has 1 aliphatic rings. The largest absolute Gasteiger partial charge is 0.489 e. The van der Waals surface area contributed by atoms with Crippen molar-refractivity contribution in [2.75, 3.05) is 0 Å². The van der Waals surface area contributed by atoms with Crippen molar-refractivity contribution in [3.63, 3.8) is 0 Å². The second-order valence-corrected chi connectivity index (χ2v) is 5.39. The molecule has 1 unspecified atom stereocenters. The van der Waals surface area contributed by atoms with Crippen LogP contribution >= 0.6 is 23.2 Å². The van der Waals surface area contributed by atoms with Crippen molar-refractivity contribution in [1.82, 2.24) is 0 Å². The number of hydrogen-bond acceptors (Lipinski definition) is 4. The molecule has 0 saturated heterocycles. The van der Waals surface area contributed by atoms with Crippen LogP contribution in [0.2, 0.25) is 10.0 Å². The summed E-state index contributed by atoms with van der Waals surface area (Å²) in [4.78, 5) is 10.9. The number of cyclic esters (lactones) is 1. The summed E-state index contributed by atoms with van der Waals surface area (Å²) in [6.45, 7) is 0.327. The monoisotopic (exact) mass is 336 g/mol. The Morgan fingerprint density at radius 3 is 2.55 bits per heavy atom. The van der Waals surface area contributed by atoms with Gasteiger partial charge in [0.2, 0.25) is 6.23 Å². The normalized spacial score (nSPS) is 16.6. The van der Waals surface area contributed by atoms with Crippen molar-refractivity contribution in [1.29, 1.82) is 0 Å². The van der Waals surface area contributed by atoms with E-state index in [1.54, 1.807) is 36.4 Å². The molecule has 0 aromatic heterocycles. The predicted molar refractivity (Wildman–Crippen MR) is 81.3 cm³/mol. The molecule has 0 saturated carbocycles. The van der Waals surface area contributed by atoms with Crippen LogP contribution in [-0.2, 0) is 11.3 Å². The topological polar surface area (TPSA) is 60.2 Å². The van der Waals surface area contributed by atoms with Gasteiger partial charge in [-0.05, 0) is 36.4 Å². The Kier molecular flexibility index (Phi) is 4.27. The number of azo groups is 1. The van der Waals surface area contributed by atoms with Crippen LogP contribution in [-0.4, -0.2) is 6.09 Å². The third kappa shape index (κ3) is 3.37. The van der Waals surface area contributed by atoms with E-state index in [0.717, 1.165) is 11.1 Å². The second-order valence-electron chi connectivity index (χ2n) is 4.55. The fourth-order valence-electron chi connectivity index (χ4n) is 1.91. The van der Waals surface area contributed by atoms with Crippen molar-refractivity contribution in [3.05, 3.63) is 63.6 Å². The molecule has 2 aromatic rings. The fraction of sp³-hybridized carbons (Fsp3) is 0.133. The van der Waals surface area contributed by atoms with E-state index < -0.39 is 12.3 Å². The zero-order valence-corrected chi connectivity index (χ0v) is 12.7. The number of halogens is 2. The first-order valence-corrected chi connectivity index (χ1v) is 7.15. The van der Waals surface area contributed by atoms with E-state index >= 15 is 0 Å². The van der Waals surface area contributed by atoms with Gasteiger partial charge >= 0.3 is 6.09 Å². The number of carbonyl (C=O) groups is 1. The number of amides is 1. The van der Waals surface area contributed by atoms with Crippen LogP contribution in [0.4, 0.5) is 4.79 Å². The van der Waals surface area contributed by atoms with E-state index in [1.807, 2.05) is 6.07 Å². The van der Waals surface area contributed by atoms with Gasteiger partial charge in [-0.1, -0.05) is 34.4 Å². The van der Waals surface area contributed by atoms with Crippen molar-refractivity contribution in [2.45, 2.75) is 12.8 Å². The minimum absolute atomic E-state index is 0.327. The molecular formula is C15H10Cl2N2O3. The Morgan fingerprint density at radius 2 is 1.91 bits per heavy atom. The highest BCUT2D eigenvalue weighted by Gasteiger charge is 2.21. The highest BCUT2D eigenvalue weighted by molar-refractivity contribution is 6.35. The van der Waals surface area contributed by atoms with E-state index in [4.69, 9.17) is 32.7 Å². The molecule has 1 atom stereocenters. The molecule has 0 aliphatic carbocycles. The van der Waals surface area contributed by atoms with Gasteiger partial charge in [0.05, 0.1) is 0 Å². The van der Waals surface area contributed by atoms with E-state index in [0.29, 0.717) is 22.4 Å². The molecule has 0 fully saturated rings. The highest BCUT2D eigenvalue weighted by atomic mass is 35.5. The molecule has 0 spiro atoms. The molecule has 2 aromatic carbocycles. The minimum atomic E-state index is -0.678. The molecule has 0 N–H and O–H groups in total. The van der Waals surface area contributed by atoms with Crippen molar-refractivity contribution >= 4 is 29.3 Å². The summed E-state index contributed by atoms with van der Waals surface area (Å²) in [6, 6.07) is 12.3. The summed E-state index contributed by atoms with van der Waals surface area (Å²) in [5.41, 5.74) is 1.57. The Labute approximate surface area is 136 Å². The number of carbonyl (C=O) groups excluding carboxylic acids is 1. The van der Waals surface area contributed by atoms with Crippen molar-refractivity contribution in [2.24, 2.45) is 10.2 Å². The van der Waals surface area contributed by atoms with Gasteiger partial charge in [0.15, 0.2) is 0 Å². The molecule has 22 heavy (non-hydrogen) atoms. The van der Waals surface area contributed by atoms with Crippen LogP contribution in [0.1, 0.15) is 17.4 Å². The number of nitrogens with zero attached hydrogens (tertiary/aromatic N) is 2. The lowest BCUT2D eigenvalue weighted by Gasteiger charge is -2.10. The summed E-state index contributed by atoms with van der Waals surface area (Å²) in [6.07, 6.45) is -1.35. The molecule has 1 aliphatic heterocycles. The van der Waals surface area contributed by atoms with Crippen LogP contribution in [0.5, 0.6) is 5.75 Å². The minimum Gasteiger partial charge on any atom is -0.489 e. The summed E-state index contributed by atoms with van der Waals surface area (Å²) in [7, 11) is 0. The molecule has 5 nitrogen and oxygen atoms in total. The maximum Gasteiger partial charge on any atom is 0.454 e. The van der Waals surface area contributed by atoms with Gasteiger partial charge in [-0.3, -0.25) is 0 Å². The predicted octanol–water partition coefficient (Wildman–Crippen LogP) is 5.17. The first-order chi connectivity index (χ1) is 10.6. The quantitative estimate of drug-likeness (QED) is 0.773. The third-order valence-electron chi connectivity index (χ3n) is 3.03. The van der Waals surface area contributed by atoms with E-state index in [2.05, 4.69) is 10.2 Å².